The average molecular weight is 295 g/mol. The normalized spacial score (nSPS) is 19.4. The van der Waals surface area contributed by atoms with Gasteiger partial charge in [-0.3, -0.25) is 0 Å². The average Bonchev–Trinajstić information content (AvgIpc) is 2.75. The maximum atomic E-state index is 13.5. The first kappa shape index (κ1) is 14.5. The molecule has 1 heterocycles. The lowest BCUT2D eigenvalue weighted by Gasteiger charge is -2.28. The molecule has 1 aromatic rings. The lowest BCUT2D eigenvalue weighted by molar-refractivity contribution is -0.146. The van der Waals surface area contributed by atoms with Gasteiger partial charge in [0.1, 0.15) is 23.2 Å². The number of carboxylic acids is 1. The Bertz CT molecular complexity index is 520. The van der Waals surface area contributed by atoms with E-state index in [2.05, 4.69) is 0 Å². The molecule has 0 radical (unpaired) electrons. The summed E-state index contributed by atoms with van der Waals surface area (Å²) in [7, 11) is 0. The molecule has 1 aliphatic heterocycles. The molecule has 1 N–H and O–H groups in total. The Morgan fingerprint density at radius 3 is 2.25 bits per heavy atom. The van der Waals surface area contributed by atoms with Crippen molar-refractivity contribution >= 4 is 11.7 Å². The summed E-state index contributed by atoms with van der Waals surface area (Å²) in [4.78, 5) is 11.5. The van der Waals surface area contributed by atoms with Gasteiger partial charge < -0.3 is 10.0 Å². The zero-order chi connectivity index (χ0) is 15.1. The summed E-state index contributed by atoms with van der Waals surface area (Å²) in [5.41, 5.74) is -1.47. The fourth-order valence-corrected chi connectivity index (χ4v) is 2.35. The Labute approximate surface area is 110 Å². The van der Waals surface area contributed by atoms with Crippen LogP contribution in [0.2, 0.25) is 0 Å². The first-order chi connectivity index (χ1) is 9.21. The van der Waals surface area contributed by atoms with Crippen molar-refractivity contribution in [3.05, 3.63) is 29.3 Å². The molecule has 1 saturated heterocycles. The van der Waals surface area contributed by atoms with Gasteiger partial charge in [-0.15, -0.1) is 0 Å². The monoisotopic (exact) mass is 295 g/mol. The van der Waals surface area contributed by atoms with E-state index in [4.69, 9.17) is 5.11 Å². The van der Waals surface area contributed by atoms with Gasteiger partial charge >= 0.3 is 12.1 Å². The number of halogens is 5. The first-order valence-corrected chi connectivity index (χ1v) is 5.77. The zero-order valence-electron chi connectivity index (χ0n) is 10.0. The van der Waals surface area contributed by atoms with Gasteiger partial charge in [0.25, 0.3) is 0 Å². The predicted molar refractivity (Wildman–Crippen MR) is 59.7 cm³/mol. The predicted octanol–water partition coefficient (Wildman–Crippen LogP) is 3.19. The highest BCUT2D eigenvalue weighted by Gasteiger charge is 2.46. The summed E-state index contributed by atoms with van der Waals surface area (Å²) in [6.45, 7) is 0.00940. The molecule has 1 atom stereocenters. The molecule has 20 heavy (non-hydrogen) atoms. The van der Waals surface area contributed by atoms with Crippen molar-refractivity contribution in [2.24, 2.45) is 0 Å². The number of carbonyl (C=O) groups is 1. The van der Waals surface area contributed by atoms with Gasteiger partial charge in [-0.25, -0.2) is 13.6 Å². The molecule has 1 fully saturated rings. The van der Waals surface area contributed by atoms with Gasteiger partial charge in [0.05, 0.1) is 0 Å². The standard InChI is InChI=1S/C12H10F5NO2/c13-7-4-6(5-8(14)10(7)11(19)20)18-3-1-2-9(18)12(15,16)17/h4-5,9H,1-3H2,(H,19,20)/t9-/m1/s1. The number of benzene rings is 1. The fraction of sp³-hybridized carbons (Fsp3) is 0.417. The van der Waals surface area contributed by atoms with Crippen molar-refractivity contribution in [2.45, 2.75) is 25.1 Å². The van der Waals surface area contributed by atoms with Crippen molar-refractivity contribution in [3.63, 3.8) is 0 Å². The van der Waals surface area contributed by atoms with Crippen LogP contribution in [-0.2, 0) is 0 Å². The van der Waals surface area contributed by atoms with E-state index in [1.807, 2.05) is 0 Å². The van der Waals surface area contributed by atoms with Crippen LogP contribution in [0.4, 0.5) is 27.6 Å². The van der Waals surface area contributed by atoms with Gasteiger partial charge in [0.2, 0.25) is 0 Å². The number of aromatic carboxylic acids is 1. The van der Waals surface area contributed by atoms with E-state index in [0.29, 0.717) is 12.1 Å². The van der Waals surface area contributed by atoms with Crippen molar-refractivity contribution in [1.82, 2.24) is 0 Å². The molecule has 0 amide bonds. The summed E-state index contributed by atoms with van der Waals surface area (Å²) in [5, 5.41) is 8.61. The minimum Gasteiger partial charge on any atom is -0.477 e. The number of alkyl halides is 3. The number of hydrogen-bond acceptors (Lipinski definition) is 2. The molecule has 0 spiro atoms. The SMILES string of the molecule is O=C(O)c1c(F)cc(N2CCC[C@@H]2C(F)(F)F)cc1F. The molecule has 8 heteroatoms. The molecule has 0 aromatic heterocycles. The molecular weight excluding hydrogens is 285 g/mol. The third-order valence-corrected chi connectivity index (χ3v) is 3.20. The molecule has 2 rings (SSSR count). The number of hydrogen-bond donors (Lipinski definition) is 1. The highest BCUT2D eigenvalue weighted by molar-refractivity contribution is 5.88. The third-order valence-electron chi connectivity index (χ3n) is 3.20. The topological polar surface area (TPSA) is 40.5 Å². The van der Waals surface area contributed by atoms with Crippen LogP contribution >= 0.6 is 0 Å². The quantitative estimate of drug-likeness (QED) is 0.852. The van der Waals surface area contributed by atoms with E-state index < -0.39 is 35.4 Å². The fourth-order valence-electron chi connectivity index (χ4n) is 2.35. The summed E-state index contributed by atoms with van der Waals surface area (Å²) >= 11 is 0. The number of anilines is 1. The van der Waals surface area contributed by atoms with Crippen LogP contribution in [0.3, 0.4) is 0 Å². The van der Waals surface area contributed by atoms with Gasteiger partial charge in [-0.2, -0.15) is 13.2 Å². The van der Waals surface area contributed by atoms with Crippen LogP contribution in [0.15, 0.2) is 12.1 Å². The van der Waals surface area contributed by atoms with Crippen molar-refractivity contribution in [2.75, 3.05) is 11.4 Å². The summed E-state index contributed by atoms with van der Waals surface area (Å²) < 4.78 is 65.4. The minimum atomic E-state index is -4.51. The second-order valence-corrected chi connectivity index (χ2v) is 4.48. The summed E-state index contributed by atoms with van der Waals surface area (Å²) in [6.07, 6.45) is -4.42. The second-order valence-electron chi connectivity index (χ2n) is 4.48. The lowest BCUT2D eigenvalue weighted by atomic mass is 10.1. The maximum absolute atomic E-state index is 13.5. The summed E-state index contributed by atoms with van der Waals surface area (Å²) in [5.74, 6) is -4.58. The molecule has 1 aromatic carbocycles. The van der Waals surface area contributed by atoms with E-state index in [0.717, 1.165) is 4.90 Å². The van der Waals surface area contributed by atoms with E-state index in [1.54, 1.807) is 0 Å². The van der Waals surface area contributed by atoms with Crippen molar-refractivity contribution < 1.29 is 31.9 Å². The number of carboxylic acid groups (broad SMARTS) is 1. The Hall–Kier alpha value is -1.86. The third kappa shape index (κ3) is 2.54. The van der Waals surface area contributed by atoms with E-state index in [9.17, 15) is 26.7 Å². The smallest absolute Gasteiger partial charge is 0.408 e. The van der Waals surface area contributed by atoms with Crippen LogP contribution in [-0.4, -0.2) is 29.8 Å². The number of nitrogens with zero attached hydrogens (tertiary/aromatic N) is 1. The highest BCUT2D eigenvalue weighted by Crippen LogP contribution is 2.36. The Morgan fingerprint density at radius 2 is 1.80 bits per heavy atom. The number of rotatable bonds is 2. The minimum absolute atomic E-state index is 0.00940. The largest absolute Gasteiger partial charge is 0.477 e. The van der Waals surface area contributed by atoms with Crippen LogP contribution in [0.1, 0.15) is 23.2 Å². The maximum Gasteiger partial charge on any atom is 0.408 e. The van der Waals surface area contributed by atoms with Gasteiger partial charge in [0, 0.05) is 12.2 Å². The van der Waals surface area contributed by atoms with Crippen LogP contribution < -0.4 is 4.90 Å². The molecule has 0 saturated carbocycles. The molecule has 0 unspecified atom stereocenters. The van der Waals surface area contributed by atoms with Crippen LogP contribution in [0.5, 0.6) is 0 Å². The van der Waals surface area contributed by atoms with Gasteiger partial charge in [0.15, 0.2) is 0 Å². The van der Waals surface area contributed by atoms with Crippen LogP contribution in [0, 0.1) is 11.6 Å². The Kier molecular flexibility index (Phi) is 3.58. The lowest BCUT2D eigenvalue weighted by Crippen LogP contribution is -2.41. The molecule has 110 valence electrons. The Morgan fingerprint density at radius 1 is 1.25 bits per heavy atom. The molecular formula is C12H10F5NO2. The zero-order valence-corrected chi connectivity index (χ0v) is 10.0. The summed E-state index contributed by atoms with van der Waals surface area (Å²) in [6, 6.07) is -0.565. The molecule has 1 aliphatic rings. The highest BCUT2D eigenvalue weighted by atomic mass is 19.4. The second kappa shape index (κ2) is 4.92. The molecule has 0 bridgehead atoms. The van der Waals surface area contributed by atoms with E-state index >= 15 is 0 Å². The first-order valence-electron chi connectivity index (χ1n) is 5.77. The van der Waals surface area contributed by atoms with Crippen molar-refractivity contribution in [3.8, 4) is 0 Å². The van der Waals surface area contributed by atoms with Crippen LogP contribution in [0.25, 0.3) is 0 Å². The van der Waals surface area contributed by atoms with Crippen molar-refractivity contribution in [1.29, 1.82) is 0 Å². The van der Waals surface area contributed by atoms with Gasteiger partial charge in [-0.1, -0.05) is 0 Å². The van der Waals surface area contributed by atoms with E-state index in [1.165, 1.54) is 0 Å². The Balaban J connectivity index is 2.41. The van der Waals surface area contributed by atoms with Gasteiger partial charge in [-0.05, 0) is 25.0 Å². The molecule has 0 aliphatic carbocycles. The van der Waals surface area contributed by atoms with E-state index in [-0.39, 0.29) is 25.1 Å². The molecule has 3 nitrogen and oxygen atoms in total.